The summed E-state index contributed by atoms with van der Waals surface area (Å²) in [7, 11) is -2.47. The number of halogens is 1. The van der Waals surface area contributed by atoms with E-state index in [1.165, 1.54) is 7.11 Å². The molecule has 3 aromatic rings. The lowest BCUT2D eigenvalue weighted by atomic mass is 9.81. The largest absolute Gasteiger partial charge is 0.469 e. The summed E-state index contributed by atoms with van der Waals surface area (Å²) in [5, 5.41) is 0. The maximum atomic E-state index is 13.4. The first-order chi connectivity index (χ1) is 18.8. The zero-order chi connectivity index (χ0) is 29.4. The summed E-state index contributed by atoms with van der Waals surface area (Å²) >= 11 is 3.48. The molecule has 7 nitrogen and oxygen atoms in total. The zero-order valence-corrected chi connectivity index (χ0v) is 26.1. The molecule has 1 aliphatic rings. The second kappa shape index (κ2) is 11.4. The van der Waals surface area contributed by atoms with Crippen LogP contribution in [0.3, 0.4) is 0 Å². The molecule has 1 unspecified atom stereocenters. The van der Waals surface area contributed by atoms with Gasteiger partial charge in [-0.2, -0.15) is 0 Å². The normalized spacial score (nSPS) is 17.1. The monoisotopic (exact) mass is 626 g/mol. The van der Waals surface area contributed by atoms with Gasteiger partial charge >= 0.3 is 5.97 Å². The quantitative estimate of drug-likeness (QED) is 0.323. The number of hydrogen-bond acceptors (Lipinski definition) is 5. The average molecular weight is 628 g/mol. The number of methoxy groups -OCH3 is 1. The van der Waals surface area contributed by atoms with E-state index < -0.39 is 15.4 Å². The molecular formula is C31H35BrN2O5S. The van der Waals surface area contributed by atoms with Gasteiger partial charge in [0.25, 0.3) is 15.9 Å². The van der Waals surface area contributed by atoms with Crippen molar-refractivity contribution in [1.29, 1.82) is 0 Å². The number of hydrogen-bond donors (Lipinski definition) is 1. The Balaban J connectivity index is 1.52. The molecule has 1 heterocycles. The topological polar surface area (TPSA) is 92.8 Å². The number of likely N-dealkylation sites (tertiary alicyclic amines) is 1. The number of rotatable bonds is 7. The second-order valence-corrected chi connectivity index (χ2v) is 13.2. The molecule has 0 aromatic heterocycles. The fourth-order valence-electron chi connectivity index (χ4n) is 5.62. The van der Waals surface area contributed by atoms with Crippen molar-refractivity contribution in [3.63, 3.8) is 0 Å². The van der Waals surface area contributed by atoms with Crippen LogP contribution >= 0.6 is 15.9 Å². The van der Waals surface area contributed by atoms with Crippen molar-refractivity contribution in [2.24, 2.45) is 5.41 Å². The van der Waals surface area contributed by atoms with Gasteiger partial charge in [0.1, 0.15) is 0 Å². The van der Waals surface area contributed by atoms with Gasteiger partial charge in [-0.3, -0.25) is 14.3 Å². The van der Waals surface area contributed by atoms with Crippen LogP contribution in [0.1, 0.15) is 50.2 Å². The molecular weight excluding hydrogens is 592 g/mol. The Hall–Kier alpha value is -3.17. The molecule has 40 heavy (non-hydrogen) atoms. The maximum Gasteiger partial charge on any atom is 0.314 e. The Bertz CT molecular complexity index is 1550. The zero-order valence-electron chi connectivity index (χ0n) is 23.7. The summed E-state index contributed by atoms with van der Waals surface area (Å²) in [4.78, 5) is 28.2. The highest BCUT2D eigenvalue weighted by Crippen LogP contribution is 2.37. The van der Waals surface area contributed by atoms with Crippen molar-refractivity contribution in [2.45, 2.75) is 52.4 Å². The van der Waals surface area contributed by atoms with Gasteiger partial charge in [0, 0.05) is 28.8 Å². The van der Waals surface area contributed by atoms with Crippen LogP contribution < -0.4 is 4.72 Å². The van der Waals surface area contributed by atoms with Crippen molar-refractivity contribution in [2.75, 3.05) is 24.9 Å². The molecule has 212 valence electrons. The van der Waals surface area contributed by atoms with E-state index in [4.69, 9.17) is 4.74 Å². The Morgan fingerprint density at radius 1 is 0.950 bits per heavy atom. The van der Waals surface area contributed by atoms with E-state index in [2.05, 4.69) is 20.7 Å². The molecule has 4 rings (SSSR count). The third-order valence-electron chi connectivity index (χ3n) is 8.27. The maximum absolute atomic E-state index is 13.4. The predicted octanol–water partition coefficient (Wildman–Crippen LogP) is 6.04. The smallest absolute Gasteiger partial charge is 0.314 e. The highest BCUT2D eigenvalue weighted by atomic mass is 79.9. The average Bonchev–Trinajstić information content (AvgIpc) is 3.35. The molecule has 1 aliphatic heterocycles. The molecule has 9 heteroatoms. The van der Waals surface area contributed by atoms with Crippen molar-refractivity contribution in [3.05, 3.63) is 91.9 Å². The Labute approximate surface area is 245 Å². The number of nitrogens with one attached hydrogen (secondary N) is 1. The highest BCUT2D eigenvalue weighted by molar-refractivity contribution is 9.10. The molecule has 0 bridgehead atoms. The van der Waals surface area contributed by atoms with Gasteiger partial charge in [-0.1, -0.05) is 28.1 Å². The van der Waals surface area contributed by atoms with Gasteiger partial charge in [0.05, 0.1) is 17.4 Å². The van der Waals surface area contributed by atoms with E-state index in [0.717, 1.165) is 37.9 Å². The van der Waals surface area contributed by atoms with Gasteiger partial charge in [0.2, 0.25) is 0 Å². The standard InChI is InChI=1S/C31H35BrN2O5S/c1-19-20(2)22(4)28(23(5)21(19)3)40(37,38)33-27-12-10-25(11-13-27)29(35)34-15-14-31(18-34,30(36)39-6)17-24-8-7-9-26(32)16-24/h7-13,16,33H,14-15,17-18H2,1-6H3. The Morgan fingerprint density at radius 2 is 1.55 bits per heavy atom. The lowest BCUT2D eigenvalue weighted by molar-refractivity contribution is -0.151. The first-order valence-corrected chi connectivity index (χ1v) is 15.4. The summed E-state index contributed by atoms with van der Waals surface area (Å²) in [5.41, 5.74) is 5.39. The molecule has 1 saturated heterocycles. The third kappa shape index (κ3) is 5.67. The number of carbonyl (C=O) groups excluding carboxylic acids is 2. The lowest BCUT2D eigenvalue weighted by Gasteiger charge is -2.27. The van der Waals surface area contributed by atoms with Crippen molar-refractivity contribution < 1.29 is 22.7 Å². The Kier molecular flexibility index (Phi) is 8.47. The molecule has 0 aliphatic carbocycles. The van der Waals surface area contributed by atoms with Crippen molar-refractivity contribution >= 4 is 43.5 Å². The molecule has 1 amide bonds. The highest BCUT2D eigenvalue weighted by Gasteiger charge is 2.47. The fraction of sp³-hybridized carbons (Fsp3) is 0.355. The van der Waals surface area contributed by atoms with E-state index in [1.807, 2.05) is 58.9 Å². The summed E-state index contributed by atoms with van der Waals surface area (Å²) in [6.07, 6.45) is 0.949. The van der Waals surface area contributed by atoms with E-state index in [9.17, 15) is 18.0 Å². The van der Waals surface area contributed by atoms with Crippen LogP contribution in [0.4, 0.5) is 5.69 Å². The number of benzene rings is 3. The van der Waals surface area contributed by atoms with Gasteiger partial charge in [-0.25, -0.2) is 8.42 Å². The number of anilines is 1. The number of ether oxygens (including phenoxy) is 1. The SMILES string of the molecule is COC(=O)C1(Cc2cccc(Br)c2)CCN(C(=O)c2ccc(NS(=O)(=O)c3c(C)c(C)c(C)c(C)c3C)cc2)C1. The first-order valence-electron chi connectivity index (χ1n) is 13.1. The Morgan fingerprint density at radius 3 is 2.12 bits per heavy atom. The van der Waals surface area contributed by atoms with Crippen LogP contribution in [0, 0.1) is 40.0 Å². The van der Waals surface area contributed by atoms with E-state index in [0.29, 0.717) is 30.6 Å². The third-order valence-corrected chi connectivity index (χ3v) is 10.4. The molecule has 3 aromatic carbocycles. The number of sulfonamides is 1. The van der Waals surface area contributed by atoms with Crippen LogP contribution in [0.2, 0.25) is 0 Å². The van der Waals surface area contributed by atoms with Crippen molar-refractivity contribution in [1.82, 2.24) is 4.90 Å². The number of amides is 1. The van der Waals surface area contributed by atoms with Crippen LogP contribution in [0.25, 0.3) is 0 Å². The minimum absolute atomic E-state index is 0.217. The van der Waals surface area contributed by atoms with Gasteiger partial charge in [0.15, 0.2) is 0 Å². The number of esters is 1. The van der Waals surface area contributed by atoms with E-state index in [1.54, 1.807) is 29.2 Å². The van der Waals surface area contributed by atoms with Crippen LogP contribution in [0.5, 0.6) is 0 Å². The summed E-state index contributed by atoms with van der Waals surface area (Å²) in [6, 6.07) is 14.2. The molecule has 0 radical (unpaired) electrons. The van der Waals surface area contributed by atoms with Crippen LogP contribution in [-0.4, -0.2) is 45.4 Å². The fourth-order valence-corrected chi connectivity index (χ4v) is 7.73. The first kappa shape index (κ1) is 29.8. The summed E-state index contributed by atoms with van der Waals surface area (Å²) in [6.45, 7) is 10.2. The van der Waals surface area contributed by atoms with Gasteiger partial charge in [-0.15, -0.1) is 0 Å². The number of carbonyl (C=O) groups is 2. The molecule has 0 saturated carbocycles. The van der Waals surface area contributed by atoms with E-state index in [-0.39, 0.29) is 23.3 Å². The van der Waals surface area contributed by atoms with Crippen LogP contribution in [0.15, 0.2) is 57.9 Å². The van der Waals surface area contributed by atoms with E-state index >= 15 is 0 Å². The predicted molar refractivity (Wildman–Crippen MR) is 160 cm³/mol. The molecule has 0 spiro atoms. The number of nitrogens with zero attached hydrogens (tertiary/aromatic N) is 1. The molecule has 1 fully saturated rings. The molecule has 1 N–H and O–H groups in total. The minimum atomic E-state index is -3.85. The molecule has 1 atom stereocenters. The second-order valence-electron chi connectivity index (χ2n) is 10.7. The van der Waals surface area contributed by atoms with Gasteiger partial charge in [-0.05, 0) is 117 Å². The minimum Gasteiger partial charge on any atom is -0.469 e. The van der Waals surface area contributed by atoms with Crippen LogP contribution in [-0.2, 0) is 26.0 Å². The summed E-state index contributed by atoms with van der Waals surface area (Å²) in [5.74, 6) is -0.550. The lowest BCUT2D eigenvalue weighted by Crippen LogP contribution is -2.39. The van der Waals surface area contributed by atoms with Gasteiger partial charge < -0.3 is 9.64 Å². The summed E-state index contributed by atoms with van der Waals surface area (Å²) < 4.78 is 35.5. The van der Waals surface area contributed by atoms with Crippen molar-refractivity contribution in [3.8, 4) is 0 Å².